The fraction of sp³-hybridized carbons (Fsp3) is 0.391. The van der Waals surface area contributed by atoms with Gasteiger partial charge in [-0.1, -0.05) is 36.8 Å². The van der Waals surface area contributed by atoms with Crippen LogP contribution in [0.1, 0.15) is 30.9 Å². The Morgan fingerprint density at radius 3 is 2.25 bits per heavy atom. The molecule has 1 saturated heterocycles. The van der Waals surface area contributed by atoms with E-state index in [0.717, 1.165) is 35.8 Å². The summed E-state index contributed by atoms with van der Waals surface area (Å²) in [6, 6.07) is 15.7. The first-order valence-electron chi connectivity index (χ1n) is 9.97. The van der Waals surface area contributed by atoms with Crippen LogP contribution in [-0.2, 0) is 16.0 Å². The molecule has 0 unspecified atom stereocenters. The second kappa shape index (κ2) is 9.40. The van der Waals surface area contributed by atoms with Crippen LogP contribution in [0, 0.1) is 12.8 Å². The third kappa shape index (κ3) is 5.84. The Balaban J connectivity index is 1.43. The van der Waals surface area contributed by atoms with Crippen molar-refractivity contribution in [3.8, 4) is 0 Å². The molecule has 28 heavy (non-hydrogen) atoms. The SMILES string of the molecule is Cc1ccc(CC(=O)NCC(=O)Nc2ccc(N3CCC(C)CC3)cc2)cc1. The van der Waals surface area contributed by atoms with E-state index in [-0.39, 0.29) is 24.8 Å². The van der Waals surface area contributed by atoms with Crippen LogP contribution < -0.4 is 15.5 Å². The first-order chi connectivity index (χ1) is 13.5. The molecule has 1 fully saturated rings. The van der Waals surface area contributed by atoms with Crippen molar-refractivity contribution >= 4 is 23.2 Å². The van der Waals surface area contributed by atoms with E-state index in [0.29, 0.717) is 0 Å². The molecule has 0 aromatic heterocycles. The summed E-state index contributed by atoms with van der Waals surface area (Å²) in [6.45, 7) is 6.44. The predicted molar refractivity (Wildman–Crippen MR) is 114 cm³/mol. The monoisotopic (exact) mass is 379 g/mol. The third-order valence-corrected chi connectivity index (χ3v) is 5.23. The van der Waals surface area contributed by atoms with Gasteiger partial charge in [-0.2, -0.15) is 0 Å². The Morgan fingerprint density at radius 1 is 0.964 bits per heavy atom. The molecule has 5 heteroatoms. The minimum absolute atomic E-state index is 0.0313. The Labute approximate surface area is 167 Å². The molecule has 2 aromatic carbocycles. The number of piperidine rings is 1. The largest absolute Gasteiger partial charge is 0.372 e. The first kappa shape index (κ1) is 19.9. The van der Waals surface area contributed by atoms with Crippen LogP contribution in [0.15, 0.2) is 48.5 Å². The van der Waals surface area contributed by atoms with Gasteiger partial charge in [0.2, 0.25) is 11.8 Å². The molecule has 2 N–H and O–H groups in total. The van der Waals surface area contributed by atoms with Crippen molar-refractivity contribution in [1.29, 1.82) is 0 Å². The molecule has 0 saturated carbocycles. The highest BCUT2D eigenvalue weighted by Gasteiger charge is 2.16. The van der Waals surface area contributed by atoms with Crippen LogP contribution in [0.2, 0.25) is 0 Å². The molecule has 0 radical (unpaired) electrons. The van der Waals surface area contributed by atoms with Gasteiger partial charge < -0.3 is 15.5 Å². The van der Waals surface area contributed by atoms with Gasteiger partial charge in [0.15, 0.2) is 0 Å². The van der Waals surface area contributed by atoms with Gasteiger partial charge >= 0.3 is 0 Å². The first-order valence-corrected chi connectivity index (χ1v) is 9.97. The quantitative estimate of drug-likeness (QED) is 0.807. The number of benzene rings is 2. The number of hydrogen-bond acceptors (Lipinski definition) is 3. The van der Waals surface area contributed by atoms with Crippen LogP contribution in [0.4, 0.5) is 11.4 Å². The molecule has 2 amide bonds. The zero-order chi connectivity index (χ0) is 19.9. The molecule has 1 heterocycles. The maximum absolute atomic E-state index is 12.1. The number of hydrogen-bond donors (Lipinski definition) is 2. The molecule has 1 aliphatic heterocycles. The zero-order valence-corrected chi connectivity index (χ0v) is 16.7. The number of nitrogens with zero attached hydrogens (tertiary/aromatic N) is 1. The second-order valence-corrected chi connectivity index (χ2v) is 7.70. The summed E-state index contributed by atoms with van der Waals surface area (Å²) in [6.07, 6.45) is 2.72. The van der Waals surface area contributed by atoms with Crippen LogP contribution >= 0.6 is 0 Å². The number of carbonyl (C=O) groups is 2. The van der Waals surface area contributed by atoms with Crippen molar-refractivity contribution in [1.82, 2.24) is 5.32 Å². The number of nitrogens with one attached hydrogen (secondary N) is 2. The van der Waals surface area contributed by atoms with E-state index >= 15 is 0 Å². The maximum atomic E-state index is 12.1. The Hall–Kier alpha value is -2.82. The summed E-state index contributed by atoms with van der Waals surface area (Å²) >= 11 is 0. The lowest BCUT2D eigenvalue weighted by molar-refractivity contribution is -0.123. The summed E-state index contributed by atoms with van der Waals surface area (Å²) in [5, 5.41) is 5.51. The summed E-state index contributed by atoms with van der Waals surface area (Å²) < 4.78 is 0. The molecule has 0 aliphatic carbocycles. The van der Waals surface area contributed by atoms with Crippen molar-refractivity contribution < 1.29 is 9.59 Å². The van der Waals surface area contributed by atoms with Crippen molar-refractivity contribution in [3.05, 3.63) is 59.7 Å². The van der Waals surface area contributed by atoms with E-state index in [1.54, 1.807) is 0 Å². The molecule has 2 aromatic rings. The maximum Gasteiger partial charge on any atom is 0.243 e. The van der Waals surface area contributed by atoms with Gasteiger partial charge in [0.1, 0.15) is 0 Å². The van der Waals surface area contributed by atoms with Gasteiger partial charge in [-0.3, -0.25) is 9.59 Å². The average molecular weight is 380 g/mol. The topological polar surface area (TPSA) is 61.4 Å². The minimum atomic E-state index is -0.225. The van der Waals surface area contributed by atoms with Crippen molar-refractivity contribution in [3.63, 3.8) is 0 Å². The summed E-state index contributed by atoms with van der Waals surface area (Å²) in [4.78, 5) is 26.5. The molecule has 0 atom stereocenters. The van der Waals surface area contributed by atoms with Gasteiger partial charge in [-0.05, 0) is 55.5 Å². The standard InChI is InChI=1S/C23H29N3O2/c1-17-3-5-19(6-4-17)15-22(27)24-16-23(28)25-20-7-9-21(10-8-20)26-13-11-18(2)12-14-26/h3-10,18H,11-16H2,1-2H3,(H,24,27)(H,25,28). The highest BCUT2D eigenvalue weighted by atomic mass is 16.2. The average Bonchev–Trinajstić information content (AvgIpc) is 2.69. The molecular formula is C23H29N3O2. The second-order valence-electron chi connectivity index (χ2n) is 7.70. The summed E-state index contributed by atoms with van der Waals surface area (Å²) in [5.41, 5.74) is 4.03. The smallest absolute Gasteiger partial charge is 0.243 e. The zero-order valence-electron chi connectivity index (χ0n) is 16.7. The molecule has 0 spiro atoms. The molecule has 1 aliphatic rings. The molecular weight excluding hydrogens is 350 g/mol. The number of aryl methyl sites for hydroxylation is 1. The highest BCUT2D eigenvalue weighted by Crippen LogP contribution is 2.24. The van der Waals surface area contributed by atoms with E-state index < -0.39 is 0 Å². The summed E-state index contributed by atoms with van der Waals surface area (Å²) in [5.74, 6) is 0.418. The van der Waals surface area contributed by atoms with Crippen LogP contribution in [0.5, 0.6) is 0 Å². The van der Waals surface area contributed by atoms with E-state index in [1.807, 2.05) is 55.5 Å². The lowest BCUT2D eigenvalue weighted by Crippen LogP contribution is -2.34. The van der Waals surface area contributed by atoms with Gasteiger partial charge in [-0.25, -0.2) is 0 Å². The van der Waals surface area contributed by atoms with Crippen LogP contribution in [0.25, 0.3) is 0 Å². The Kier molecular flexibility index (Phi) is 6.69. The van der Waals surface area contributed by atoms with Crippen molar-refractivity contribution in [2.75, 3.05) is 29.9 Å². The van der Waals surface area contributed by atoms with Crippen molar-refractivity contribution in [2.24, 2.45) is 5.92 Å². The fourth-order valence-corrected chi connectivity index (χ4v) is 3.36. The Morgan fingerprint density at radius 2 is 1.61 bits per heavy atom. The van der Waals surface area contributed by atoms with E-state index in [1.165, 1.54) is 18.5 Å². The normalized spacial score (nSPS) is 14.6. The molecule has 0 bridgehead atoms. The van der Waals surface area contributed by atoms with E-state index in [4.69, 9.17) is 0 Å². The Bertz CT molecular complexity index is 792. The van der Waals surface area contributed by atoms with E-state index in [2.05, 4.69) is 22.5 Å². The number of rotatable bonds is 6. The van der Waals surface area contributed by atoms with Gasteiger partial charge in [0, 0.05) is 24.5 Å². The van der Waals surface area contributed by atoms with Crippen LogP contribution in [0.3, 0.4) is 0 Å². The third-order valence-electron chi connectivity index (χ3n) is 5.23. The number of anilines is 2. The van der Waals surface area contributed by atoms with Crippen LogP contribution in [-0.4, -0.2) is 31.4 Å². The summed E-state index contributed by atoms with van der Waals surface area (Å²) in [7, 11) is 0. The number of amides is 2. The highest BCUT2D eigenvalue weighted by molar-refractivity contribution is 5.94. The van der Waals surface area contributed by atoms with Gasteiger partial charge in [0.25, 0.3) is 0 Å². The fourth-order valence-electron chi connectivity index (χ4n) is 3.36. The van der Waals surface area contributed by atoms with Gasteiger partial charge in [0.05, 0.1) is 13.0 Å². The molecule has 148 valence electrons. The van der Waals surface area contributed by atoms with E-state index in [9.17, 15) is 9.59 Å². The predicted octanol–water partition coefficient (Wildman–Crippen LogP) is 3.53. The molecule has 5 nitrogen and oxygen atoms in total. The lowest BCUT2D eigenvalue weighted by atomic mass is 9.99. The van der Waals surface area contributed by atoms with Gasteiger partial charge in [-0.15, -0.1) is 0 Å². The molecule has 3 rings (SSSR count). The number of carbonyl (C=O) groups excluding carboxylic acids is 2. The van der Waals surface area contributed by atoms with Crippen molar-refractivity contribution in [2.45, 2.75) is 33.1 Å². The lowest BCUT2D eigenvalue weighted by Gasteiger charge is -2.32. The minimum Gasteiger partial charge on any atom is -0.372 e.